The molecule has 4 nitrogen and oxygen atoms in total. The number of rotatable bonds is 8. The molecule has 1 rings (SSSR count). The third-order valence-corrected chi connectivity index (χ3v) is 4.09. The van der Waals surface area contributed by atoms with Crippen molar-refractivity contribution >= 4 is 23.6 Å². The maximum absolute atomic E-state index is 12.1. The molecule has 0 aliphatic carbocycles. The first-order chi connectivity index (χ1) is 9.54. The average Bonchev–Trinajstić information content (AvgIpc) is 2.44. The third kappa shape index (κ3) is 5.65. The number of hydrogen-bond acceptors (Lipinski definition) is 3. The van der Waals surface area contributed by atoms with Crippen molar-refractivity contribution in [3.63, 3.8) is 0 Å². The molecule has 110 valence electrons. The first kappa shape index (κ1) is 16.6. The van der Waals surface area contributed by atoms with Crippen LogP contribution >= 0.6 is 11.8 Å². The number of carboxylic acids is 1. The summed E-state index contributed by atoms with van der Waals surface area (Å²) in [4.78, 5) is 25.5. The molecule has 0 saturated carbocycles. The Balaban J connectivity index is 2.47. The molecule has 0 aromatic heterocycles. The van der Waals surface area contributed by atoms with Crippen molar-refractivity contribution in [3.05, 3.63) is 30.3 Å². The number of carboxylic acid groups (broad SMARTS) is 1. The van der Waals surface area contributed by atoms with Crippen LogP contribution in [-0.2, 0) is 9.59 Å². The van der Waals surface area contributed by atoms with E-state index in [1.54, 1.807) is 11.8 Å². The van der Waals surface area contributed by atoms with Gasteiger partial charge in [-0.1, -0.05) is 25.1 Å². The standard InChI is InChI=1S/C15H21NO3S/c1-3-12(2)16(11-15(18)19)14(17)9-10-20-13-7-5-4-6-8-13/h4-8,12H,3,9-11H2,1-2H3,(H,18,19). The summed E-state index contributed by atoms with van der Waals surface area (Å²) in [6.07, 6.45) is 1.11. The van der Waals surface area contributed by atoms with E-state index >= 15 is 0 Å². The third-order valence-electron chi connectivity index (χ3n) is 3.08. The van der Waals surface area contributed by atoms with Gasteiger partial charge in [-0.25, -0.2) is 0 Å². The predicted molar refractivity (Wildman–Crippen MR) is 80.9 cm³/mol. The molecule has 0 spiro atoms. The molecule has 1 amide bonds. The molecule has 1 unspecified atom stereocenters. The smallest absolute Gasteiger partial charge is 0.323 e. The zero-order valence-corrected chi connectivity index (χ0v) is 12.7. The molecule has 0 fully saturated rings. The SMILES string of the molecule is CCC(C)N(CC(=O)O)C(=O)CCSc1ccccc1. The topological polar surface area (TPSA) is 57.6 Å². The molecule has 0 radical (unpaired) electrons. The van der Waals surface area contributed by atoms with Crippen LogP contribution in [0.2, 0.25) is 0 Å². The minimum atomic E-state index is -0.964. The zero-order chi connectivity index (χ0) is 15.0. The number of benzene rings is 1. The number of carbonyl (C=O) groups excluding carboxylic acids is 1. The Morgan fingerprint density at radius 1 is 1.30 bits per heavy atom. The lowest BCUT2D eigenvalue weighted by molar-refractivity contribution is -0.145. The first-order valence-electron chi connectivity index (χ1n) is 6.73. The van der Waals surface area contributed by atoms with Gasteiger partial charge >= 0.3 is 5.97 Å². The lowest BCUT2D eigenvalue weighted by atomic mass is 10.2. The van der Waals surface area contributed by atoms with Gasteiger partial charge in [-0.05, 0) is 25.5 Å². The number of hydrogen-bond donors (Lipinski definition) is 1. The van der Waals surface area contributed by atoms with Crippen LogP contribution in [0.25, 0.3) is 0 Å². The fourth-order valence-corrected chi connectivity index (χ4v) is 2.63. The van der Waals surface area contributed by atoms with Crippen molar-refractivity contribution in [2.75, 3.05) is 12.3 Å². The molecular formula is C15H21NO3S. The van der Waals surface area contributed by atoms with Crippen LogP contribution < -0.4 is 0 Å². The Hall–Kier alpha value is -1.49. The van der Waals surface area contributed by atoms with E-state index < -0.39 is 5.97 Å². The van der Waals surface area contributed by atoms with Crippen LogP contribution in [0.3, 0.4) is 0 Å². The van der Waals surface area contributed by atoms with Crippen molar-refractivity contribution in [1.82, 2.24) is 4.90 Å². The maximum atomic E-state index is 12.1. The molecule has 0 bridgehead atoms. The molecule has 1 atom stereocenters. The van der Waals surface area contributed by atoms with Gasteiger partial charge in [-0.2, -0.15) is 0 Å². The van der Waals surface area contributed by atoms with Crippen LogP contribution in [0.4, 0.5) is 0 Å². The van der Waals surface area contributed by atoms with Gasteiger partial charge in [0.1, 0.15) is 6.54 Å². The fraction of sp³-hybridized carbons (Fsp3) is 0.467. The first-order valence-corrected chi connectivity index (χ1v) is 7.72. The molecule has 0 saturated heterocycles. The second-order valence-corrected chi connectivity index (χ2v) is 5.75. The Bertz CT molecular complexity index is 436. The number of aliphatic carboxylic acids is 1. The van der Waals surface area contributed by atoms with E-state index in [9.17, 15) is 9.59 Å². The Morgan fingerprint density at radius 2 is 1.95 bits per heavy atom. The highest BCUT2D eigenvalue weighted by Gasteiger charge is 2.20. The second-order valence-electron chi connectivity index (χ2n) is 4.58. The van der Waals surface area contributed by atoms with Gasteiger partial charge in [0.05, 0.1) is 0 Å². The lowest BCUT2D eigenvalue weighted by Crippen LogP contribution is -2.41. The minimum absolute atomic E-state index is 0.0414. The summed E-state index contributed by atoms with van der Waals surface area (Å²) >= 11 is 1.61. The molecule has 20 heavy (non-hydrogen) atoms. The highest BCUT2D eigenvalue weighted by atomic mass is 32.2. The Labute approximate surface area is 124 Å². The van der Waals surface area contributed by atoms with E-state index in [0.29, 0.717) is 12.2 Å². The summed E-state index contributed by atoms with van der Waals surface area (Å²) in [5, 5.41) is 8.88. The molecule has 1 N–H and O–H groups in total. The molecular weight excluding hydrogens is 274 g/mol. The summed E-state index contributed by atoms with van der Waals surface area (Å²) in [5.41, 5.74) is 0. The highest BCUT2D eigenvalue weighted by molar-refractivity contribution is 7.99. The minimum Gasteiger partial charge on any atom is -0.480 e. The van der Waals surface area contributed by atoms with Crippen LogP contribution in [0.15, 0.2) is 35.2 Å². The average molecular weight is 295 g/mol. The van der Waals surface area contributed by atoms with E-state index in [0.717, 1.165) is 11.3 Å². The fourth-order valence-electron chi connectivity index (χ4n) is 1.77. The largest absolute Gasteiger partial charge is 0.480 e. The second kappa shape index (κ2) is 8.64. The zero-order valence-electron chi connectivity index (χ0n) is 11.9. The van der Waals surface area contributed by atoms with Gasteiger partial charge < -0.3 is 10.0 Å². The molecule has 0 aliphatic rings. The van der Waals surface area contributed by atoms with Gasteiger partial charge in [0, 0.05) is 23.1 Å². The monoisotopic (exact) mass is 295 g/mol. The van der Waals surface area contributed by atoms with Crippen molar-refractivity contribution in [1.29, 1.82) is 0 Å². The predicted octanol–water partition coefficient (Wildman–Crippen LogP) is 2.88. The maximum Gasteiger partial charge on any atom is 0.323 e. The van der Waals surface area contributed by atoms with Crippen molar-refractivity contribution in [2.24, 2.45) is 0 Å². The molecule has 1 aromatic carbocycles. The van der Waals surface area contributed by atoms with Crippen LogP contribution in [-0.4, -0.2) is 40.2 Å². The summed E-state index contributed by atoms with van der Waals surface area (Å²) in [7, 11) is 0. The number of nitrogens with zero attached hydrogens (tertiary/aromatic N) is 1. The summed E-state index contributed by atoms with van der Waals surface area (Å²) in [5.74, 6) is -0.394. The Kier molecular flexibility index (Phi) is 7.15. The van der Waals surface area contributed by atoms with Crippen LogP contribution in [0.1, 0.15) is 26.7 Å². The van der Waals surface area contributed by atoms with E-state index in [4.69, 9.17) is 5.11 Å². The highest BCUT2D eigenvalue weighted by Crippen LogP contribution is 2.18. The van der Waals surface area contributed by atoms with Crippen molar-refractivity contribution < 1.29 is 14.7 Å². The van der Waals surface area contributed by atoms with Gasteiger partial charge in [-0.15, -0.1) is 11.8 Å². The molecule has 0 heterocycles. The molecule has 5 heteroatoms. The van der Waals surface area contributed by atoms with Crippen molar-refractivity contribution in [3.8, 4) is 0 Å². The number of thioether (sulfide) groups is 1. The van der Waals surface area contributed by atoms with Crippen LogP contribution in [0, 0.1) is 0 Å². The van der Waals surface area contributed by atoms with E-state index in [1.165, 1.54) is 4.90 Å². The van der Waals surface area contributed by atoms with E-state index in [-0.39, 0.29) is 18.5 Å². The summed E-state index contributed by atoms with van der Waals surface area (Å²) in [6, 6.07) is 9.82. The molecule has 0 aliphatic heterocycles. The van der Waals surface area contributed by atoms with Gasteiger partial charge in [0.2, 0.25) is 5.91 Å². The van der Waals surface area contributed by atoms with E-state index in [1.807, 2.05) is 44.2 Å². The van der Waals surface area contributed by atoms with Crippen LogP contribution in [0.5, 0.6) is 0 Å². The summed E-state index contributed by atoms with van der Waals surface area (Å²) in [6.45, 7) is 3.61. The number of amides is 1. The molecule has 1 aromatic rings. The summed E-state index contributed by atoms with van der Waals surface area (Å²) < 4.78 is 0. The van der Waals surface area contributed by atoms with Crippen molar-refractivity contribution in [2.45, 2.75) is 37.6 Å². The Morgan fingerprint density at radius 3 is 2.50 bits per heavy atom. The van der Waals surface area contributed by atoms with Gasteiger partial charge in [0.25, 0.3) is 0 Å². The van der Waals surface area contributed by atoms with Gasteiger partial charge in [0.15, 0.2) is 0 Å². The quantitative estimate of drug-likeness (QED) is 0.749. The lowest BCUT2D eigenvalue weighted by Gasteiger charge is -2.26. The number of carbonyl (C=O) groups is 2. The van der Waals surface area contributed by atoms with Gasteiger partial charge in [-0.3, -0.25) is 9.59 Å². The van der Waals surface area contributed by atoms with E-state index in [2.05, 4.69) is 0 Å². The normalized spacial score (nSPS) is 11.9.